The molecule has 1 aliphatic rings. The van der Waals surface area contributed by atoms with Crippen molar-refractivity contribution in [2.24, 2.45) is 5.18 Å². The number of aromatic nitrogens is 1. The Hall–Kier alpha value is -2.92. The molecule has 2 N–H and O–H groups in total. The summed E-state index contributed by atoms with van der Waals surface area (Å²) in [5, 5.41) is 13.0. The van der Waals surface area contributed by atoms with Gasteiger partial charge in [0.2, 0.25) is 5.88 Å². The lowest BCUT2D eigenvalue weighted by Gasteiger charge is -2.30. The SMILES string of the molecule is O=Nc1c(O)[nH]c2c3c(c(-c4ccccc4)cc12)CCN(S(=O)(=O)C(F)(F)F)C3. The Morgan fingerprint density at radius 2 is 1.83 bits per heavy atom. The molecule has 0 fully saturated rings. The van der Waals surface area contributed by atoms with Gasteiger partial charge in [0, 0.05) is 18.5 Å². The second-order valence-electron chi connectivity index (χ2n) is 6.62. The lowest BCUT2D eigenvalue weighted by Crippen LogP contribution is -2.43. The largest absolute Gasteiger partial charge is 0.511 e. The number of nitroso groups, excluding NO2 is 1. The van der Waals surface area contributed by atoms with Gasteiger partial charge in [-0.1, -0.05) is 30.3 Å². The molecule has 3 aromatic rings. The molecule has 0 spiro atoms. The monoisotopic (exact) mass is 425 g/mol. The standard InChI is InChI=1S/C18H14F3N3O4S/c19-18(20,21)29(27,28)24-7-6-11-12(10-4-2-1-3-5-10)8-13-15(14(11)9-24)22-17(25)16(13)23-26/h1-5,8,22,25H,6-7,9H2. The number of halogens is 3. The number of hydrogen-bond acceptors (Lipinski definition) is 5. The number of rotatable bonds is 3. The van der Waals surface area contributed by atoms with Gasteiger partial charge in [-0.2, -0.15) is 17.5 Å². The van der Waals surface area contributed by atoms with E-state index >= 15 is 0 Å². The third-order valence-corrected chi connectivity index (χ3v) is 6.60. The Labute approximate surface area is 162 Å². The predicted molar refractivity (Wildman–Crippen MR) is 99.9 cm³/mol. The van der Waals surface area contributed by atoms with Crippen LogP contribution in [0.2, 0.25) is 0 Å². The van der Waals surface area contributed by atoms with E-state index in [1.807, 2.05) is 0 Å². The average molecular weight is 425 g/mol. The number of H-pyrrole nitrogens is 1. The molecule has 0 atom stereocenters. The second-order valence-corrected chi connectivity index (χ2v) is 8.55. The van der Waals surface area contributed by atoms with Gasteiger partial charge in [0.25, 0.3) is 0 Å². The van der Waals surface area contributed by atoms with Crippen molar-refractivity contribution in [3.05, 3.63) is 52.4 Å². The van der Waals surface area contributed by atoms with Gasteiger partial charge >= 0.3 is 15.5 Å². The summed E-state index contributed by atoms with van der Waals surface area (Å²) in [5.74, 6) is -0.529. The predicted octanol–water partition coefficient (Wildman–Crippen LogP) is 4.15. The van der Waals surface area contributed by atoms with Crippen molar-refractivity contribution in [2.75, 3.05) is 6.54 Å². The Morgan fingerprint density at radius 3 is 2.45 bits per heavy atom. The van der Waals surface area contributed by atoms with Crippen LogP contribution in [-0.4, -0.2) is 34.9 Å². The molecule has 1 aliphatic heterocycles. The van der Waals surface area contributed by atoms with E-state index in [0.29, 0.717) is 15.4 Å². The van der Waals surface area contributed by atoms with Crippen molar-refractivity contribution >= 4 is 26.6 Å². The molecule has 0 amide bonds. The van der Waals surface area contributed by atoms with Gasteiger partial charge in [-0.3, -0.25) is 0 Å². The smallest absolute Gasteiger partial charge is 0.493 e. The van der Waals surface area contributed by atoms with Crippen LogP contribution in [0, 0.1) is 4.91 Å². The minimum absolute atomic E-state index is 0.0362. The summed E-state index contributed by atoms with van der Waals surface area (Å²) in [7, 11) is -5.53. The molecule has 0 saturated carbocycles. The first-order chi connectivity index (χ1) is 13.6. The van der Waals surface area contributed by atoms with Crippen molar-refractivity contribution < 1.29 is 26.7 Å². The lowest BCUT2D eigenvalue weighted by atomic mass is 9.89. The molecular weight excluding hydrogens is 411 g/mol. The van der Waals surface area contributed by atoms with Crippen LogP contribution in [0.5, 0.6) is 5.88 Å². The van der Waals surface area contributed by atoms with Crippen LogP contribution < -0.4 is 0 Å². The minimum atomic E-state index is -5.53. The van der Waals surface area contributed by atoms with Gasteiger partial charge in [0.1, 0.15) is 0 Å². The number of sulfonamides is 1. The van der Waals surface area contributed by atoms with Gasteiger partial charge < -0.3 is 10.1 Å². The van der Waals surface area contributed by atoms with Crippen LogP contribution in [0.1, 0.15) is 11.1 Å². The molecule has 0 bridgehead atoms. The number of fused-ring (bicyclic) bond motifs is 3. The first-order valence-corrected chi connectivity index (χ1v) is 9.93. The van der Waals surface area contributed by atoms with Crippen molar-refractivity contribution in [3.8, 4) is 17.0 Å². The molecule has 2 aromatic carbocycles. The third-order valence-electron chi connectivity index (χ3n) is 5.03. The Morgan fingerprint density at radius 1 is 1.14 bits per heavy atom. The van der Waals surface area contributed by atoms with E-state index in [0.717, 1.165) is 5.56 Å². The van der Waals surface area contributed by atoms with Crippen LogP contribution in [-0.2, 0) is 23.0 Å². The zero-order valence-electron chi connectivity index (χ0n) is 14.7. The molecule has 7 nitrogen and oxygen atoms in total. The lowest BCUT2D eigenvalue weighted by molar-refractivity contribution is -0.0492. The minimum Gasteiger partial charge on any atom is -0.493 e. The molecule has 29 heavy (non-hydrogen) atoms. The summed E-state index contributed by atoms with van der Waals surface area (Å²) in [6.45, 7) is -0.891. The van der Waals surface area contributed by atoms with Gasteiger partial charge in [-0.25, -0.2) is 8.42 Å². The Balaban J connectivity index is 1.98. The summed E-state index contributed by atoms with van der Waals surface area (Å²) in [5.41, 5.74) is -3.21. The number of alkyl halides is 3. The van der Waals surface area contributed by atoms with Gasteiger partial charge in [-0.15, -0.1) is 4.91 Å². The van der Waals surface area contributed by atoms with Crippen molar-refractivity contribution in [1.29, 1.82) is 0 Å². The normalized spacial score (nSPS) is 15.4. The Kier molecular flexibility index (Phi) is 4.39. The molecule has 4 rings (SSSR count). The molecule has 152 valence electrons. The fraction of sp³-hybridized carbons (Fsp3) is 0.222. The first-order valence-electron chi connectivity index (χ1n) is 8.49. The van der Waals surface area contributed by atoms with Crippen molar-refractivity contribution in [2.45, 2.75) is 18.5 Å². The summed E-state index contributed by atoms with van der Waals surface area (Å²) in [6, 6.07) is 10.6. The van der Waals surface area contributed by atoms with E-state index < -0.39 is 28.0 Å². The maximum absolute atomic E-state index is 13.0. The van der Waals surface area contributed by atoms with E-state index in [4.69, 9.17) is 0 Å². The van der Waals surface area contributed by atoms with Crippen LogP contribution in [0.15, 0.2) is 41.6 Å². The molecule has 0 aliphatic carbocycles. The maximum atomic E-state index is 13.0. The summed E-state index contributed by atoms with van der Waals surface area (Å²) in [6.07, 6.45) is 0.0362. The highest BCUT2D eigenvalue weighted by Crippen LogP contribution is 2.44. The molecule has 0 saturated heterocycles. The fourth-order valence-corrected chi connectivity index (χ4v) is 4.61. The Bertz CT molecular complexity index is 1220. The topological polar surface area (TPSA) is 103 Å². The van der Waals surface area contributed by atoms with Gasteiger partial charge in [-0.05, 0) is 39.9 Å². The molecule has 11 heteroatoms. The van der Waals surface area contributed by atoms with Gasteiger partial charge in [0.05, 0.1) is 5.52 Å². The van der Waals surface area contributed by atoms with Crippen LogP contribution in [0.25, 0.3) is 22.0 Å². The maximum Gasteiger partial charge on any atom is 0.511 e. The number of hydrogen-bond donors (Lipinski definition) is 2. The number of aromatic amines is 1. The van der Waals surface area contributed by atoms with Crippen LogP contribution in [0.3, 0.4) is 0 Å². The number of nitrogens with zero attached hydrogens (tertiary/aromatic N) is 2. The quantitative estimate of drug-likeness (QED) is 0.616. The van der Waals surface area contributed by atoms with Crippen molar-refractivity contribution in [3.63, 3.8) is 0 Å². The highest BCUT2D eigenvalue weighted by atomic mass is 32.2. The first kappa shape index (κ1) is 19.4. The van der Waals surface area contributed by atoms with Crippen molar-refractivity contribution in [1.82, 2.24) is 9.29 Å². The highest BCUT2D eigenvalue weighted by Gasteiger charge is 2.50. The molecule has 0 radical (unpaired) electrons. The second kappa shape index (κ2) is 6.56. The summed E-state index contributed by atoms with van der Waals surface area (Å²) in [4.78, 5) is 13.7. The molecule has 2 heterocycles. The summed E-state index contributed by atoms with van der Waals surface area (Å²) >= 11 is 0. The highest BCUT2D eigenvalue weighted by molar-refractivity contribution is 7.89. The number of benzene rings is 2. The number of nitrogens with one attached hydrogen (secondary N) is 1. The number of aromatic hydroxyl groups is 1. The molecule has 1 aromatic heterocycles. The van der Waals surface area contributed by atoms with E-state index in [1.165, 1.54) is 0 Å². The van der Waals surface area contributed by atoms with Crippen LogP contribution >= 0.6 is 0 Å². The average Bonchev–Trinajstić information content (AvgIpc) is 3.02. The zero-order valence-corrected chi connectivity index (χ0v) is 15.5. The third kappa shape index (κ3) is 2.97. The van der Waals surface area contributed by atoms with Gasteiger partial charge in [0.15, 0.2) is 5.69 Å². The molecular formula is C18H14F3N3O4S. The molecule has 0 unspecified atom stereocenters. The zero-order chi connectivity index (χ0) is 21.0. The fourth-order valence-electron chi connectivity index (χ4n) is 3.69. The van der Waals surface area contributed by atoms with E-state index in [2.05, 4.69) is 10.2 Å². The summed E-state index contributed by atoms with van der Waals surface area (Å²) < 4.78 is 63.3. The van der Waals surface area contributed by atoms with E-state index in [1.54, 1.807) is 36.4 Å². The van der Waals surface area contributed by atoms with E-state index in [9.17, 15) is 31.6 Å². The van der Waals surface area contributed by atoms with Crippen LogP contribution in [0.4, 0.5) is 18.9 Å². The van der Waals surface area contributed by atoms with E-state index in [-0.39, 0.29) is 35.1 Å².